The van der Waals surface area contributed by atoms with E-state index in [4.69, 9.17) is 9.47 Å². The zero-order valence-corrected chi connectivity index (χ0v) is 55.4. The molecule has 0 saturated carbocycles. The summed E-state index contributed by atoms with van der Waals surface area (Å²) in [6, 6.07) is 62.2. The second-order valence-corrected chi connectivity index (χ2v) is 28.9. The zero-order valence-electron chi connectivity index (χ0n) is 55.4. The molecule has 0 bridgehead atoms. The first-order valence-electron chi connectivity index (χ1n) is 31.8. The van der Waals surface area contributed by atoms with Crippen LogP contribution in [0.15, 0.2) is 195 Å². The second-order valence-electron chi connectivity index (χ2n) is 28.9. The van der Waals surface area contributed by atoms with Crippen LogP contribution >= 0.6 is 0 Å². The summed E-state index contributed by atoms with van der Waals surface area (Å²) in [6.45, 7) is 32.8. The number of nitro benzene ring substituents is 2. The van der Waals surface area contributed by atoms with Crippen molar-refractivity contribution >= 4 is 55.0 Å². The lowest BCUT2D eigenvalue weighted by Crippen LogP contribution is -2.34. The number of rotatable bonds is 15. The number of non-ortho nitro benzene ring substituents is 2. The van der Waals surface area contributed by atoms with Crippen molar-refractivity contribution in [2.75, 3.05) is 0 Å². The lowest BCUT2D eigenvalue weighted by atomic mass is 9.79. The number of hydrogen-bond donors (Lipinski definition) is 0. The summed E-state index contributed by atoms with van der Waals surface area (Å²) in [4.78, 5) is 22.6. The minimum atomic E-state index is -0.373. The Bertz CT molecular complexity index is 4560. The zero-order chi connectivity index (χ0) is 65.3. The predicted molar refractivity (Wildman–Crippen MR) is 371 cm³/mol. The van der Waals surface area contributed by atoms with Crippen LogP contribution in [0.4, 0.5) is 11.4 Å². The summed E-state index contributed by atoms with van der Waals surface area (Å²) in [5.41, 5.74) is 18.3. The number of nitrogens with zero attached hydrogens (tertiary/aromatic N) is 6. The van der Waals surface area contributed by atoms with E-state index >= 15 is 0 Å². The Hall–Kier alpha value is -9.94. The fourth-order valence-corrected chi connectivity index (χ4v) is 13.0. The van der Waals surface area contributed by atoms with Crippen molar-refractivity contribution in [2.45, 2.75) is 145 Å². The Morgan fingerprint density at radius 2 is 0.793 bits per heavy atom. The molecular formula is C80H82N6O6+2. The molecular weight excluding hydrogens is 1140 g/mol. The number of nitro groups is 2. The standard InChI is InChI=1S/C80H82N6O6/c1-51-21-19-27-69-73(51)83(49-81(69)45-57-41-59(77(3,4)5)43-65(79(9,10)11)75(57)91-47-53-29-35-61(36-30-53)85(87)88)67-39-33-55-23-15-17-25-63(55)71(67)72-64-26-18-16-24-56(64)34-40-68(72)84-50-82(70-28-20-22-52(2)74(70)84)46-58-42-60(78(6,7)8)44-66(80(12,13)14)76(58)92-48-54-31-37-62(38-32-54)86(89)90/h15-44,49-50H,45-48H2,1-14H3/q+2. The summed E-state index contributed by atoms with van der Waals surface area (Å²) in [6.07, 6.45) is 4.55. The van der Waals surface area contributed by atoms with Gasteiger partial charge in [-0.2, -0.15) is 9.13 Å². The maximum Gasteiger partial charge on any atom is 0.269 e. The van der Waals surface area contributed by atoms with Crippen LogP contribution in [-0.4, -0.2) is 19.0 Å². The molecule has 0 unspecified atom stereocenters. The fraction of sp³-hybridized carbons (Fsp3) is 0.275. The predicted octanol–water partition coefficient (Wildman–Crippen LogP) is 19.0. The van der Waals surface area contributed by atoms with Crippen molar-refractivity contribution in [2.24, 2.45) is 0 Å². The van der Waals surface area contributed by atoms with Crippen LogP contribution in [-0.2, 0) is 48.0 Å². The molecule has 0 spiro atoms. The number of hydrogen-bond acceptors (Lipinski definition) is 6. The van der Waals surface area contributed by atoms with E-state index in [1.54, 1.807) is 24.3 Å². The molecule has 2 aromatic heterocycles. The van der Waals surface area contributed by atoms with E-state index < -0.39 is 0 Å². The van der Waals surface area contributed by atoms with Crippen LogP contribution in [0.3, 0.4) is 0 Å². The van der Waals surface area contributed by atoms with Gasteiger partial charge in [0.15, 0.2) is 22.1 Å². The van der Waals surface area contributed by atoms with E-state index in [2.05, 4.69) is 261 Å². The van der Waals surface area contributed by atoms with Crippen molar-refractivity contribution in [1.29, 1.82) is 0 Å². The first kappa shape index (κ1) is 62.3. The molecule has 0 atom stereocenters. The largest absolute Gasteiger partial charge is 0.488 e. The molecule has 10 aromatic carbocycles. The summed E-state index contributed by atoms with van der Waals surface area (Å²) >= 11 is 0. The highest BCUT2D eigenvalue weighted by Crippen LogP contribution is 2.46. The maximum absolute atomic E-state index is 11.7. The Labute approximate surface area is 539 Å². The lowest BCUT2D eigenvalue weighted by molar-refractivity contribution is -0.663. The Morgan fingerprint density at radius 1 is 0.424 bits per heavy atom. The van der Waals surface area contributed by atoms with Gasteiger partial charge in [0.05, 0.1) is 9.85 Å². The number of aryl methyl sites for hydroxylation is 2. The van der Waals surface area contributed by atoms with Crippen molar-refractivity contribution in [3.05, 3.63) is 271 Å². The highest BCUT2D eigenvalue weighted by atomic mass is 16.6. The van der Waals surface area contributed by atoms with E-state index in [1.807, 2.05) is 0 Å². The topological polar surface area (TPSA) is 122 Å². The van der Waals surface area contributed by atoms with Crippen LogP contribution < -0.4 is 18.6 Å². The molecule has 12 rings (SSSR count). The van der Waals surface area contributed by atoms with E-state index in [0.717, 1.165) is 122 Å². The number of fused-ring (bicyclic) bond motifs is 4. The molecule has 2 heterocycles. The minimum Gasteiger partial charge on any atom is -0.488 e. The van der Waals surface area contributed by atoms with Crippen molar-refractivity contribution in [1.82, 2.24) is 9.13 Å². The molecule has 0 aliphatic rings. The van der Waals surface area contributed by atoms with E-state index in [-0.39, 0.29) is 56.1 Å². The summed E-state index contributed by atoms with van der Waals surface area (Å²) in [5, 5.41) is 27.8. The minimum absolute atomic E-state index is 0.0421. The monoisotopic (exact) mass is 1220 g/mol. The lowest BCUT2D eigenvalue weighted by Gasteiger charge is -2.29. The second kappa shape index (κ2) is 23.7. The van der Waals surface area contributed by atoms with Gasteiger partial charge in [-0.15, -0.1) is 0 Å². The third kappa shape index (κ3) is 12.0. The van der Waals surface area contributed by atoms with Gasteiger partial charge in [0.1, 0.15) is 49.2 Å². The van der Waals surface area contributed by atoms with Gasteiger partial charge in [0, 0.05) is 68.8 Å². The van der Waals surface area contributed by atoms with Crippen LogP contribution in [0.25, 0.3) is 66.1 Å². The molecule has 12 nitrogen and oxygen atoms in total. The Kier molecular flexibility index (Phi) is 16.0. The Balaban J connectivity index is 1.06. The molecule has 0 aliphatic carbocycles. The molecule has 92 heavy (non-hydrogen) atoms. The molecule has 12 heteroatoms. The summed E-state index contributed by atoms with van der Waals surface area (Å²) in [7, 11) is 0. The molecule has 0 radical (unpaired) electrons. The SMILES string of the molecule is Cc1cccc2c1n(-c1ccc3ccccc3c1-c1c(-n3c[n+](Cc4cc(C(C)(C)C)cc(C(C)(C)C)c4OCc4ccc([N+](=O)[O-])cc4)c4cccc(C)c43)ccc3ccccc13)c[n+]2Cc1cc(C(C)(C)C)cc(C(C)(C)C)c1OCc1ccc([N+](=O)[O-])cc1. The molecule has 0 fully saturated rings. The van der Waals surface area contributed by atoms with Crippen molar-refractivity contribution in [3.63, 3.8) is 0 Å². The van der Waals surface area contributed by atoms with Gasteiger partial charge in [-0.25, -0.2) is 9.13 Å². The average Bonchev–Trinajstić information content (AvgIpc) is 1.40. The first-order chi connectivity index (χ1) is 43.6. The molecule has 0 saturated heterocycles. The first-order valence-corrected chi connectivity index (χ1v) is 31.8. The van der Waals surface area contributed by atoms with Gasteiger partial charge < -0.3 is 9.47 Å². The Morgan fingerprint density at radius 3 is 1.14 bits per heavy atom. The van der Waals surface area contributed by atoms with Crippen LogP contribution in [0.5, 0.6) is 11.5 Å². The molecule has 12 aromatic rings. The molecule has 0 N–H and O–H groups in total. The van der Waals surface area contributed by atoms with E-state index in [0.29, 0.717) is 13.1 Å². The van der Waals surface area contributed by atoms with Crippen LogP contribution in [0.2, 0.25) is 0 Å². The molecule has 0 aliphatic heterocycles. The van der Waals surface area contributed by atoms with Gasteiger partial charge in [0.25, 0.3) is 11.4 Å². The normalized spacial score (nSPS) is 12.4. The summed E-state index contributed by atoms with van der Waals surface area (Å²) < 4.78 is 23.6. The van der Waals surface area contributed by atoms with Crippen molar-refractivity contribution in [3.8, 4) is 34.0 Å². The number of aromatic nitrogens is 4. The fourth-order valence-electron chi connectivity index (χ4n) is 13.0. The smallest absolute Gasteiger partial charge is 0.269 e. The van der Waals surface area contributed by atoms with Gasteiger partial charge >= 0.3 is 0 Å². The van der Waals surface area contributed by atoms with Crippen molar-refractivity contribution < 1.29 is 28.5 Å². The number of ether oxygens (including phenoxy) is 2. The third-order valence-electron chi connectivity index (χ3n) is 18.0. The average molecular weight is 1220 g/mol. The van der Waals surface area contributed by atoms with Gasteiger partial charge in [-0.1, -0.05) is 180 Å². The van der Waals surface area contributed by atoms with Gasteiger partial charge in [-0.3, -0.25) is 20.2 Å². The van der Waals surface area contributed by atoms with Crippen LogP contribution in [0.1, 0.15) is 139 Å². The molecule has 466 valence electrons. The number of para-hydroxylation sites is 2. The number of imidazole rings is 2. The maximum atomic E-state index is 11.7. The van der Waals surface area contributed by atoms with E-state index in [1.165, 1.54) is 35.4 Å². The molecule has 0 amide bonds. The highest BCUT2D eigenvalue weighted by Gasteiger charge is 2.34. The number of benzene rings is 10. The quantitative estimate of drug-likeness (QED) is 0.0572. The van der Waals surface area contributed by atoms with E-state index in [9.17, 15) is 20.2 Å². The summed E-state index contributed by atoms with van der Waals surface area (Å²) in [5.74, 6) is 1.62. The third-order valence-corrected chi connectivity index (χ3v) is 18.0. The van der Waals surface area contributed by atoms with Gasteiger partial charge in [-0.05, 0) is 140 Å². The highest BCUT2D eigenvalue weighted by molar-refractivity contribution is 6.12. The van der Waals surface area contributed by atoms with Gasteiger partial charge in [0.2, 0.25) is 12.7 Å². The van der Waals surface area contributed by atoms with Crippen LogP contribution in [0, 0.1) is 34.1 Å².